The zero-order chi connectivity index (χ0) is 13.8. The van der Waals surface area contributed by atoms with E-state index in [2.05, 4.69) is 10.3 Å². The van der Waals surface area contributed by atoms with Gasteiger partial charge in [-0.15, -0.1) is 0 Å². The lowest BCUT2D eigenvalue weighted by atomic mass is 9.92. The van der Waals surface area contributed by atoms with Crippen molar-refractivity contribution in [3.8, 4) is 0 Å². The van der Waals surface area contributed by atoms with Crippen molar-refractivity contribution in [2.45, 2.75) is 25.7 Å². The molecule has 5 nitrogen and oxygen atoms in total. The van der Waals surface area contributed by atoms with Crippen LogP contribution in [0.1, 0.15) is 29.9 Å². The predicted octanol–water partition coefficient (Wildman–Crippen LogP) is 0.872. The monoisotopic (exact) mass is 259 g/mol. The number of nitrogens with zero attached hydrogens (tertiary/aromatic N) is 1. The number of aliphatic imine (C=N–C) groups is 1. The largest absolute Gasteiger partial charge is 0.330 e. The Bertz CT molecular complexity index is 537. The number of nitrogens with two attached hydrogens (primary N) is 1. The van der Waals surface area contributed by atoms with E-state index >= 15 is 0 Å². The molecule has 0 saturated carbocycles. The highest BCUT2D eigenvalue weighted by molar-refractivity contribution is 6.19. The second-order valence-corrected chi connectivity index (χ2v) is 4.57. The van der Waals surface area contributed by atoms with E-state index in [1.165, 1.54) is 0 Å². The molecule has 0 aliphatic carbocycles. The fourth-order valence-corrected chi connectivity index (χ4v) is 2.12. The molecule has 19 heavy (non-hydrogen) atoms. The molecule has 2 rings (SSSR count). The topological polar surface area (TPSA) is 84.6 Å². The highest BCUT2D eigenvalue weighted by atomic mass is 16.2. The molecule has 1 atom stereocenters. The van der Waals surface area contributed by atoms with Crippen molar-refractivity contribution in [3.63, 3.8) is 0 Å². The minimum atomic E-state index is -0.831. The number of rotatable bonds is 4. The molecule has 100 valence electrons. The van der Waals surface area contributed by atoms with Gasteiger partial charge in [0.15, 0.2) is 0 Å². The van der Waals surface area contributed by atoms with E-state index in [9.17, 15) is 9.59 Å². The van der Waals surface area contributed by atoms with Gasteiger partial charge in [0.05, 0.1) is 0 Å². The van der Waals surface area contributed by atoms with E-state index in [4.69, 9.17) is 5.73 Å². The normalized spacial score (nSPS) is 19.1. The number of benzene rings is 1. The second-order valence-electron chi connectivity index (χ2n) is 4.57. The number of carbonyl (C=O) groups excluding carboxylic acids is 2. The lowest BCUT2D eigenvalue weighted by molar-refractivity contribution is -0.129. The fourth-order valence-electron chi connectivity index (χ4n) is 2.12. The molecule has 0 spiro atoms. The van der Waals surface area contributed by atoms with Crippen LogP contribution < -0.4 is 11.1 Å². The van der Waals surface area contributed by atoms with Crippen LogP contribution in [0.5, 0.6) is 0 Å². The average molecular weight is 259 g/mol. The van der Waals surface area contributed by atoms with Crippen LogP contribution in [0, 0.1) is 6.92 Å². The molecule has 5 heteroatoms. The predicted molar refractivity (Wildman–Crippen MR) is 72.8 cm³/mol. The van der Waals surface area contributed by atoms with Gasteiger partial charge in [-0.3, -0.25) is 9.59 Å². The molecule has 1 heterocycles. The summed E-state index contributed by atoms with van der Waals surface area (Å²) in [5.74, 6) is -1.11. The zero-order valence-corrected chi connectivity index (χ0v) is 10.8. The molecule has 1 unspecified atom stereocenters. The Kier molecular flexibility index (Phi) is 4.06. The average Bonchev–Trinajstić information content (AvgIpc) is 2.38. The molecule has 0 aromatic heterocycles. The third-order valence-corrected chi connectivity index (χ3v) is 3.14. The fraction of sp³-hybridized carbons (Fsp3) is 0.357. The van der Waals surface area contributed by atoms with Crippen molar-refractivity contribution < 1.29 is 9.59 Å². The molecule has 0 radical (unpaired) electrons. The minimum Gasteiger partial charge on any atom is -0.330 e. The maximum Gasteiger partial charge on any atom is 0.264 e. The van der Waals surface area contributed by atoms with Crippen molar-refractivity contribution >= 4 is 17.6 Å². The smallest absolute Gasteiger partial charge is 0.264 e. The molecular weight excluding hydrogens is 242 g/mol. The molecule has 0 bridgehead atoms. The zero-order valence-electron chi connectivity index (χ0n) is 10.8. The molecule has 2 amide bonds. The van der Waals surface area contributed by atoms with Crippen LogP contribution in [0.15, 0.2) is 29.3 Å². The van der Waals surface area contributed by atoms with Crippen LogP contribution in [-0.2, 0) is 9.59 Å². The van der Waals surface area contributed by atoms with Crippen LogP contribution in [-0.4, -0.2) is 24.2 Å². The van der Waals surface area contributed by atoms with E-state index in [1.807, 2.05) is 25.1 Å². The van der Waals surface area contributed by atoms with Gasteiger partial charge in [-0.2, -0.15) is 4.99 Å². The number of hydrogen-bond donors (Lipinski definition) is 2. The lowest BCUT2D eigenvalue weighted by Crippen LogP contribution is -2.43. The van der Waals surface area contributed by atoms with Gasteiger partial charge in [0.1, 0.15) is 11.8 Å². The first-order valence-corrected chi connectivity index (χ1v) is 6.31. The van der Waals surface area contributed by atoms with Crippen LogP contribution in [0.2, 0.25) is 0 Å². The summed E-state index contributed by atoms with van der Waals surface area (Å²) in [6.45, 7) is 2.38. The highest BCUT2D eigenvalue weighted by Crippen LogP contribution is 2.23. The lowest BCUT2D eigenvalue weighted by Gasteiger charge is -2.21. The molecule has 0 fully saturated rings. The van der Waals surface area contributed by atoms with E-state index in [-0.39, 0.29) is 5.91 Å². The summed E-state index contributed by atoms with van der Waals surface area (Å²) in [6, 6.07) is 7.36. The summed E-state index contributed by atoms with van der Waals surface area (Å²) >= 11 is 0. The Hall–Kier alpha value is -2.01. The Labute approximate surface area is 111 Å². The number of amidine groups is 1. The molecular formula is C14H17N3O2. The SMILES string of the molecule is Cc1ccccc1C1C(=O)N=C(CCCN)NC1=O. The summed E-state index contributed by atoms with van der Waals surface area (Å²) in [7, 11) is 0. The Balaban J connectivity index is 2.25. The van der Waals surface area contributed by atoms with Crippen LogP contribution >= 0.6 is 0 Å². The first-order chi connectivity index (χ1) is 9.13. The van der Waals surface area contributed by atoms with Gasteiger partial charge in [0.25, 0.3) is 5.91 Å². The Morgan fingerprint density at radius 3 is 2.68 bits per heavy atom. The number of carbonyl (C=O) groups is 2. The van der Waals surface area contributed by atoms with Crippen LogP contribution in [0.4, 0.5) is 0 Å². The van der Waals surface area contributed by atoms with E-state index < -0.39 is 11.8 Å². The third kappa shape index (κ3) is 2.88. The second kappa shape index (κ2) is 5.75. The molecule has 1 aromatic carbocycles. The maximum absolute atomic E-state index is 12.1. The van der Waals surface area contributed by atoms with Gasteiger partial charge < -0.3 is 11.1 Å². The number of hydrogen-bond acceptors (Lipinski definition) is 3. The van der Waals surface area contributed by atoms with E-state index in [1.54, 1.807) is 6.07 Å². The molecule has 3 N–H and O–H groups in total. The summed E-state index contributed by atoms with van der Waals surface area (Å²) in [4.78, 5) is 28.1. The summed E-state index contributed by atoms with van der Waals surface area (Å²) in [5, 5.41) is 2.69. The van der Waals surface area contributed by atoms with Crippen molar-refractivity contribution in [3.05, 3.63) is 35.4 Å². The quantitative estimate of drug-likeness (QED) is 0.787. The van der Waals surface area contributed by atoms with E-state index in [0.717, 1.165) is 5.56 Å². The van der Waals surface area contributed by atoms with Gasteiger partial charge >= 0.3 is 0 Å². The van der Waals surface area contributed by atoms with E-state index in [0.29, 0.717) is 30.8 Å². The molecule has 1 aliphatic rings. The Morgan fingerprint density at radius 2 is 2.05 bits per heavy atom. The van der Waals surface area contributed by atoms with Crippen molar-refractivity contribution in [1.29, 1.82) is 0 Å². The standard InChI is InChI=1S/C14H17N3O2/c1-9-5-2-3-6-10(9)12-13(18)16-11(7-4-8-15)17-14(12)19/h2-3,5-6,12H,4,7-8,15H2,1H3,(H,16,17,18,19). The van der Waals surface area contributed by atoms with Gasteiger partial charge in [0.2, 0.25) is 5.91 Å². The number of aryl methyl sites for hydroxylation is 1. The highest BCUT2D eigenvalue weighted by Gasteiger charge is 2.33. The van der Waals surface area contributed by atoms with Gasteiger partial charge in [-0.1, -0.05) is 24.3 Å². The first-order valence-electron chi connectivity index (χ1n) is 6.31. The Morgan fingerprint density at radius 1 is 1.32 bits per heavy atom. The van der Waals surface area contributed by atoms with Crippen LogP contribution in [0.3, 0.4) is 0 Å². The van der Waals surface area contributed by atoms with Gasteiger partial charge in [-0.05, 0) is 31.0 Å². The molecule has 1 aromatic rings. The summed E-state index contributed by atoms with van der Waals surface area (Å²) in [6.07, 6.45) is 1.22. The number of amides is 2. The summed E-state index contributed by atoms with van der Waals surface area (Å²) < 4.78 is 0. The van der Waals surface area contributed by atoms with Crippen molar-refractivity contribution in [1.82, 2.24) is 5.32 Å². The third-order valence-electron chi connectivity index (χ3n) is 3.14. The molecule has 1 aliphatic heterocycles. The van der Waals surface area contributed by atoms with Crippen molar-refractivity contribution in [2.24, 2.45) is 10.7 Å². The van der Waals surface area contributed by atoms with Crippen LogP contribution in [0.25, 0.3) is 0 Å². The first kappa shape index (κ1) is 13.4. The maximum atomic E-state index is 12.1. The summed E-state index contributed by atoms with van der Waals surface area (Å²) in [5.41, 5.74) is 7.03. The number of nitrogens with one attached hydrogen (secondary N) is 1. The van der Waals surface area contributed by atoms with Gasteiger partial charge in [0, 0.05) is 6.42 Å². The minimum absolute atomic E-state index is 0.304. The van der Waals surface area contributed by atoms with Crippen molar-refractivity contribution in [2.75, 3.05) is 6.54 Å². The molecule has 0 saturated heterocycles. The van der Waals surface area contributed by atoms with Gasteiger partial charge in [-0.25, -0.2) is 0 Å².